The molecule has 15 heavy (non-hydrogen) atoms. The van der Waals surface area contributed by atoms with E-state index < -0.39 is 0 Å². The smallest absolute Gasteiger partial charge is 0.141 e. The van der Waals surface area contributed by atoms with Gasteiger partial charge in [0.2, 0.25) is 0 Å². The summed E-state index contributed by atoms with van der Waals surface area (Å²) in [7, 11) is 2.15. The first-order chi connectivity index (χ1) is 7.25. The van der Waals surface area contributed by atoms with Crippen LogP contribution in [0.4, 0.5) is 5.69 Å². The Morgan fingerprint density at radius 1 is 1.07 bits per heavy atom. The van der Waals surface area contributed by atoms with Gasteiger partial charge in [-0.05, 0) is 23.6 Å². The third kappa shape index (κ3) is 1.23. The van der Waals surface area contributed by atoms with Crippen molar-refractivity contribution in [3.8, 4) is 0 Å². The van der Waals surface area contributed by atoms with E-state index in [2.05, 4.69) is 38.2 Å². The highest BCUT2D eigenvalue weighted by Gasteiger charge is 2.05. The second-order valence-electron chi connectivity index (χ2n) is 3.81. The minimum atomic E-state index is 0.837. The number of fused-ring (bicyclic) bond motifs is 3. The van der Waals surface area contributed by atoms with Crippen LogP contribution in [0.2, 0.25) is 0 Å². The molecule has 1 aromatic heterocycles. The van der Waals surface area contributed by atoms with Gasteiger partial charge in [-0.25, -0.2) is 0 Å². The summed E-state index contributed by atoms with van der Waals surface area (Å²) < 4.78 is 2.69. The third-order valence-electron chi connectivity index (χ3n) is 2.72. The van der Waals surface area contributed by atoms with Gasteiger partial charge >= 0.3 is 0 Å². The summed E-state index contributed by atoms with van der Waals surface area (Å²) in [5.41, 5.74) is 7.99. The fourth-order valence-corrected chi connectivity index (χ4v) is 3.11. The Hall–Kier alpha value is -1.48. The average Bonchev–Trinajstić information content (AvgIpc) is 2.58. The molecule has 0 aliphatic carbocycles. The SMILES string of the molecule is Bc1cccc2c1sc1ccc(N)cc12. The van der Waals surface area contributed by atoms with Crippen molar-refractivity contribution in [2.45, 2.75) is 0 Å². The number of thiophene rings is 1. The molecule has 3 aromatic rings. The number of nitrogen functional groups attached to an aromatic ring is 1. The third-order valence-corrected chi connectivity index (χ3v) is 4.04. The van der Waals surface area contributed by atoms with E-state index in [9.17, 15) is 0 Å². The number of anilines is 1. The van der Waals surface area contributed by atoms with Gasteiger partial charge in [0.15, 0.2) is 0 Å². The van der Waals surface area contributed by atoms with Crippen molar-refractivity contribution in [1.82, 2.24) is 0 Å². The topological polar surface area (TPSA) is 26.0 Å². The van der Waals surface area contributed by atoms with Crippen LogP contribution in [0.15, 0.2) is 36.4 Å². The monoisotopic (exact) mass is 211 g/mol. The maximum Gasteiger partial charge on any atom is 0.141 e. The van der Waals surface area contributed by atoms with Gasteiger partial charge in [-0.2, -0.15) is 0 Å². The fraction of sp³-hybridized carbons (Fsp3) is 0. The van der Waals surface area contributed by atoms with Crippen molar-refractivity contribution in [1.29, 1.82) is 0 Å². The molecule has 0 aliphatic heterocycles. The molecule has 0 atom stereocenters. The molecular weight excluding hydrogens is 201 g/mol. The summed E-state index contributed by atoms with van der Waals surface area (Å²) >= 11 is 1.84. The molecule has 1 heterocycles. The van der Waals surface area contributed by atoms with Crippen LogP contribution in [0.3, 0.4) is 0 Å². The van der Waals surface area contributed by atoms with Gasteiger partial charge in [0.1, 0.15) is 7.85 Å². The van der Waals surface area contributed by atoms with Crippen molar-refractivity contribution < 1.29 is 0 Å². The van der Waals surface area contributed by atoms with Gasteiger partial charge in [-0.1, -0.05) is 23.7 Å². The van der Waals surface area contributed by atoms with Crippen molar-refractivity contribution in [3.05, 3.63) is 36.4 Å². The summed E-state index contributed by atoms with van der Waals surface area (Å²) in [5.74, 6) is 0. The highest BCUT2D eigenvalue weighted by molar-refractivity contribution is 7.26. The van der Waals surface area contributed by atoms with Crippen LogP contribution in [0.1, 0.15) is 0 Å². The van der Waals surface area contributed by atoms with E-state index in [1.54, 1.807) is 0 Å². The van der Waals surface area contributed by atoms with Crippen LogP contribution in [0, 0.1) is 0 Å². The predicted molar refractivity (Wildman–Crippen MR) is 71.9 cm³/mol. The summed E-state index contributed by atoms with van der Waals surface area (Å²) in [5, 5.41) is 2.60. The number of nitrogens with two attached hydrogens (primary N) is 1. The van der Waals surface area contributed by atoms with E-state index in [1.165, 1.54) is 25.6 Å². The van der Waals surface area contributed by atoms with Crippen LogP contribution < -0.4 is 11.2 Å². The lowest BCUT2D eigenvalue weighted by Gasteiger charge is -1.95. The number of hydrogen-bond acceptors (Lipinski definition) is 2. The maximum atomic E-state index is 5.82. The standard InChI is InChI=1S/C12H10BNS/c13-10-3-1-2-8-9-6-7(14)4-5-11(9)15-12(8)10/h1-6H,13-14H2. The Bertz CT molecular complexity index is 657. The van der Waals surface area contributed by atoms with Crippen molar-refractivity contribution >= 4 is 50.5 Å². The molecule has 72 valence electrons. The Labute approximate surface area is 92.9 Å². The molecule has 0 aliphatic rings. The zero-order chi connectivity index (χ0) is 10.4. The van der Waals surface area contributed by atoms with E-state index in [4.69, 9.17) is 5.73 Å². The second kappa shape index (κ2) is 3.01. The van der Waals surface area contributed by atoms with Crippen LogP contribution in [-0.4, -0.2) is 7.85 Å². The van der Waals surface area contributed by atoms with Crippen molar-refractivity contribution in [3.63, 3.8) is 0 Å². The lowest BCUT2D eigenvalue weighted by atomic mass is 9.94. The second-order valence-corrected chi connectivity index (χ2v) is 4.86. The summed E-state index contributed by atoms with van der Waals surface area (Å²) in [6.07, 6.45) is 0. The molecule has 0 saturated carbocycles. The van der Waals surface area contributed by atoms with E-state index in [0.717, 1.165) is 5.69 Å². The molecule has 3 heteroatoms. The van der Waals surface area contributed by atoms with E-state index in [0.29, 0.717) is 0 Å². The first-order valence-electron chi connectivity index (χ1n) is 4.93. The number of benzene rings is 2. The Balaban J connectivity index is 2.58. The lowest BCUT2D eigenvalue weighted by molar-refractivity contribution is 1.79. The van der Waals surface area contributed by atoms with Crippen LogP contribution in [-0.2, 0) is 0 Å². The zero-order valence-corrected chi connectivity index (χ0v) is 9.27. The maximum absolute atomic E-state index is 5.82. The first kappa shape index (κ1) is 8.80. The molecule has 0 bridgehead atoms. The highest BCUT2D eigenvalue weighted by Crippen LogP contribution is 2.33. The van der Waals surface area contributed by atoms with Crippen molar-refractivity contribution in [2.75, 3.05) is 5.73 Å². The average molecular weight is 211 g/mol. The number of rotatable bonds is 0. The largest absolute Gasteiger partial charge is 0.399 e. The normalized spacial score (nSPS) is 11.2. The minimum absolute atomic E-state index is 0.837. The van der Waals surface area contributed by atoms with Gasteiger partial charge in [-0.3, -0.25) is 0 Å². The van der Waals surface area contributed by atoms with E-state index in [1.807, 2.05) is 17.4 Å². The summed E-state index contributed by atoms with van der Waals surface area (Å²) in [6.45, 7) is 0. The molecule has 2 N–H and O–H groups in total. The zero-order valence-electron chi connectivity index (χ0n) is 8.45. The molecule has 0 radical (unpaired) electrons. The van der Waals surface area contributed by atoms with E-state index >= 15 is 0 Å². The molecule has 0 unspecified atom stereocenters. The molecule has 0 amide bonds. The molecule has 1 nitrogen and oxygen atoms in total. The molecule has 3 rings (SSSR count). The Morgan fingerprint density at radius 2 is 1.93 bits per heavy atom. The highest BCUT2D eigenvalue weighted by atomic mass is 32.1. The molecule has 0 saturated heterocycles. The minimum Gasteiger partial charge on any atom is -0.399 e. The van der Waals surface area contributed by atoms with Crippen LogP contribution in [0.25, 0.3) is 20.2 Å². The molecular formula is C12H10BNS. The van der Waals surface area contributed by atoms with Crippen molar-refractivity contribution in [2.24, 2.45) is 0 Å². The first-order valence-corrected chi connectivity index (χ1v) is 5.75. The van der Waals surface area contributed by atoms with Gasteiger partial charge in [0.05, 0.1) is 0 Å². The lowest BCUT2D eigenvalue weighted by Crippen LogP contribution is -1.99. The van der Waals surface area contributed by atoms with E-state index in [-0.39, 0.29) is 0 Å². The van der Waals surface area contributed by atoms with Gasteiger partial charge < -0.3 is 5.73 Å². The van der Waals surface area contributed by atoms with Crippen LogP contribution >= 0.6 is 11.3 Å². The quantitative estimate of drug-likeness (QED) is 0.446. The van der Waals surface area contributed by atoms with Gasteiger partial charge in [0, 0.05) is 20.5 Å². The molecule has 0 fully saturated rings. The summed E-state index contributed by atoms with van der Waals surface area (Å²) in [4.78, 5) is 0. The molecule has 2 aromatic carbocycles. The fourth-order valence-electron chi connectivity index (χ4n) is 1.96. The van der Waals surface area contributed by atoms with Gasteiger partial charge in [0.25, 0.3) is 0 Å². The summed E-state index contributed by atoms with van der Waals surface area (Å²) in [6, 6.07) is 12.6. The van der Waals surface area contributed by atoms with Gasteiger partial charge in [-0.15, -0.1) is 11.3 Å². The Morgan fingerprint density at radius 3 is 2.80 bits per heavy atom. The Kier molecular flexibility index (Phi) is 1.76. The predicted octanol–water partition coefficient (Wildman–Crippen LogP) is 1.90. The van der Waals surface area contributed by atoms with Crippen LogP contribution in [0.5, 0.6) is 0 Å². The molecule has 0 spiro atoms. The number of hydrogen-bond donors (Lipinski definition) is 1.